The molecule has 0 aromatic heterocycles. The van der Waals surface area contributed by atoms with Gasteiger partial charge in [-0.1, -0.05) is 350 Å². The van der Waals surface area contributed by atoms with E-state index in [1.54, 1.807) is 0 Å². The minimum absolute atomic E-state index is 0.103. The third-order valence-corrected chi connectivity index (χ3v) is 19.9. The summed E-state index contributed by atoms with van der Waals surface area (Å²) in [5.74, 6) is -0.718. The molecule has 0 saturated heterocycles. The lowest BCUT2D eigenvalue weighted by Gasteiger charge is -2.21. The van der Waals surface area contributed by atoms with Gasteiger partial charge in [0, 0.05) is 25.7 Å². The number of rotatable bonds is 76. The molecule has 2 unspecified atom stereocenters. The van der Waals surface area contributed by atoms with E-state index in [0.29, 0.717) is 37.5 Å². The highest BCUT2D eigenvalue weighted by molar-refractivity contribution is 7.47. The number of phosphoric ester groups is 2. The summed E-state index contributed by atoms with van der Waals surface area (Å²) in [6, 6.07) is 0. The summed E-state index contributed by atoms with van der Waals surface area (Å²) < 4.78 is 68.5. The van der Waals surface area contributed by atoms with Crippen molar-refractivity contribution in [3.8, 4) is 0 Å². The highest BCUT2D eigenvalue weighted by Gasteiger charge is 2.30. The van der Waals surface area contributed by atoms with Crippen molar-refractivity contribution in [3.05, 3.63) is 0 Å². The molecule has 0 saturated carbocycles. The lowest BCUT2D eigenvalue weighted by Crippen LogP contribution is -2.30. The first-order valence-electron chi connectivity index (χ1n) is 40.0. The number of esters is 4. The van der Waals surface area contributed by atoms with Gasteiger partial charge in [0.25, 0.3) is 0 Å². The molecule has 19 heteroatoms. The van der Waals surface area contributed by atoms with Gasteiger partial charge in [-0.3, -0.25) is 37.3 Å². The Kier molecular flexibility index (Phi) is 67.4. The molecule has 0 heterocycles. The van der Waals surface area contributed by atoms with Gasteiger partial charge in [-0.15, -0.1) is 0 Å². The van der Waals surface area contributed by atoms with Crippen molar-refractivity contribution < 1.29 is 80.2 Å². The summed E-state index contributed by atoms with van der Waals surface area (Å²) in [4.78, 5) is 72.8. The average molecular weight is 1410 g/mol. The molecule has 0 radical (unpaired) electrons. The molecule has 570 valence electrons. The maximum atomic E-state index is 13.1. The number of aliphatic hydroxyl groups excluding tert-OH is 1. The van der Waals surface area contributed by atoms with Crippen LogP contribution in [0, 0.1) is 11.8 Å². The highest BCUT2D eigenvalue weighted by atomic mass is 31.2. The molecule has 5 atom stereocenters. The number of carbonyl (C=O) groups excluding carboxylic acids is 4. The number of aliphatic hydroxyl groups is 1. The van der Waals surface area contributed by atoms with Crippen molar-refractivity contribution in [3.63, 3.8) is 0 Å². The fourth-order valence-electron chi connectivity index (χ4n) is 11.8. The third kappa shape index (κ3) is 70.5. The quantitative estimate of drug-likeness (QED) is 0.0222. The van der Waals surface area contributed by atoms with Crippen LogP contribution >= 0.6 is 15.6 Å². The number of unbranched alkanes of at least 4 members (excludes halogenated alkanes) is 46. The van der Waals surface area contributed by atoms with Crippen molar-refractivity contribution in [2.45, 2.75) is 419 Å². The van der Waals surface area contributed by atoms with E-state index in [1.165, 1.54) is 212 Å². The second kappa shape index (κ2) is 68.8. The maximum absolute atomic E-state index is 13.1. The summed E-state index contributed by atoms with van der Waals surface area (Å²) in [5.41, 5.74) is 0. The Labute approximate surface area is 588 Å². The van der Waals surface area contributed by atoms with Crippen LogP contribution in [0.3, 0.4) is 0 Å². The van der Waals surface area contributed by atoms with Crippen molar-refractivity contribution >= 4 is 39.5 Å². The number of hydrogen-bond donors (Lipinski definition) is 3. The lowest BCUT2D eigenvalue weighted by atomic mass is 10.0. The molecule has 0 fully saturated rings. The van der Waals surface area contributed by atoms with E-state index in [1.807, 2.05) is 0 Å². The molecule has 0 amide bonds. The van der Waals surface area contributed by atoms with Crippen LogP contribution in [0.2, 0.25) is 0 Å². The Bertz CT molecular complexity index is 1860. The lowest BCUT2D eigenvalue weighted by molar-refractivity contribution is -0.161. The predicted octanol–water partition coefficient (Wildman–Crippen LogP) is 22.7. The van der Waals surface area contributed by atoms with Gasteiger partial charge in [-0.2, -0.15) is 0 Å². The zero-order valence-electron chi connectivity index (χ0n) is 62.7. The summed E-state index contributed by atoms with van der Waals surface area (Å²) in [6.45, 7) is 9.48. The van der Waals surface area contributed by atoms with E-state index < -0.39 is 97.5 Å². The number of ether oxygens (including phenoxy) is 4. The standard InChI is InChI=1S/C77H150O17P2/c1-7-9-11-13-15-17-19-21-23-25-26-27-28-30-32-34-36-42-49-55-61-76(81)93-72(65-87-74(79)59-53-47-41-35-33-31-29-24-22-20-18-16-14-12-10-8-2)67-91-95(83,84)89-63-71(78)64-90-96(85,86)92-68-73(94-77(82)62-56-50-44-38-40-46-52-58-70(5)6)66-88-75(80)60-54-48-43-37-39-45-51-57-69(3)4/h69-73,78H,7-68H2,1-6H3,(H,83,84)(H,85,86)/t71-,72-,73-/m1/s1. The maximum Gasteiger partial charge on any atom is 0.472 e. The number of carbonyl (C=O) groups is 4. The van der Waals surface area contributed by atoms with Gasteiger partial charge in [-0.25, -0.2) is 9.13 Å². The summed E-state index contributed by atoms with van der Waals surface area (Å²) in [5, 5.41) is 10.6. The second-order valence-corrected chi connectivity index (χ2v) is 31.6. The largest absolute Gasteiger partial charge is 0.472 e. The Morgan fingerprint density at radius 1 is 0.281 bits per heavy atom. The van der Waals surface area contributed by atoms with Crippen LogP contribution in [0.1, 0.15) is 401 Å². The molecular formula is C77H150O17P2. The monoisotopic (exact) mass is 1410 g/mol. The topological polar surface area (TPSA) is 237 Å². The summed E-state index contributed by atoms with van der Waals surface area (Å²) in [6.07, 6.45) is 57.2. The Morgan fingerprint density at radius 2 is 0.479 bits per heavy atom. The first-order chi connectivity index (χ1) is 46.4. The van der Waals surface area contributed by atoms with Gasteiger partial charge < -0.3 is 33.8 Å². The van der Waals surface area contributed by atoms with Crippen LogP contribution in [0.15, 0.2) is 0 Å². The van der Waals surface area contributed by atoms with Crippen molar-refractivity contribution in [1.29, 1.82) is 0 Å². The van der Waals surface area contributed by atoms with Gasteiger partial charge in [0.15, 0.2) is 12.2 Å². The zero-order valence-corrected chi connectivity index (χ0v) is 64.5. The Balaban J connectivity index is 5.20. The smallest absolute Gasteiger partial charge is 0.462 e. The SMILES string of the molecule is CCCCCCCCCCCCCCCCCCCCCCC(=O)O[C@H](COC(=O)CCCCCCCCCCCCCCCCCC)COP(=O)(O)OC[C@@H](O)COP(=O)(O)OC[C@@H](COC(=O)CCCCCCCCCC(C)C)OC(=O)CCCCCCCCCC(C)C. The fraction of sp³-hybridized carbons (Fsp3) is 0.948. The van der Waals surface area contributed by atoms with Crippen molar-refractivity contribution in [1.82, 2.24) is 0 Å². The first kappa shape index (κ1) is 94.1. The summed E-state index contributed by atoms with van der Waals surface area (Å²) >= 11 is 0. The van der Waals surface area contributed by atoms with E-state index in [4.69, 9.17) is 37.0 Å². The second-order valence-electron chi connectivity index (χ2n) is 28.7. The molecule has 0 aliphatic carbocycles. The van der Waals surface area contributed by atoms with Crippen LogP contribution in [-0.4, -0.2) is 96.7 Å². The molecule has 0 bridgehead atoms. The summed E-state index contributed by atoms with van der Waals surface area (Å²) in [7, 11) is -9.91. The average Bonchev–Trinajstić information content (AvgIpc) is 1.90. The molecule has 17 nitrogen and oxygen atoms in total. The van der Waals surface area contributed by atoms with Gasteiger partial charge in [0.1, 0.15) is 19.3 Å². The van der Waals surface area contributed by atoms with Crippen LogP contribution in [0.5, 0.6) is 0 Å². The van der Waals surface area contributed by atoms with Crippen LogP contribution in [-0.2, 0) is 65.4 Å². The minimum Gasteiger partial charge on any atom is -0.462 e. The first-order valence-corrected chi connectivity index (χ1v) is 43.0. The molecular weight excluding hydrogens is 1260 g/mol. The molecule has 0 spiro atoms. The van der Waals surface area contributed by atoms with E-state index in [0.717, 1.165) is 96.3 Å². The Morgan fingerprint density at radius 3 is 0.708 bits per heavy atom. The predicted molar refractivity (Wildman–Crippen MR) is 391 cm³/mol. The van der Waals surface area contributed by atoms with Gasteiger partial charge >= 0.3 is 39.5 Å². The molecule has 0 aromatic rings. The van der Waals surface area contributed by atoms with Crippen LogP contribution in [0.25, 0.3) is 0 Å². The van der Waals surface area contributed by atoms with Crippen LogP contribution in [0.4, 0.5) is 0 Å². The van der Waals surface area contributed by atoms with Crippen LogP contribution < -0.4 is 0 Å². The highest BCUT2D eigenvalue weighted by Crippen LogP contribution is 2.45. The van der Waals surface area contributed by atoms with E-state index in [-0.39, 0.29) is 25.7 Å². The molecule has 0 aromatic carbocycles. The molecule has 0 aliphatic rings. The molecule has 96 heavy (non-hydrogen) atoms. The fourth-order valence-corrected chi connectivity index (χ4v) is 13.4. The minimum atomic E-state index is -4.96. The van der Waals surface area contributed by atoms with Gasteiger partial charge in [-0.05, 0) is 37.5 Å². The molecule has 3 N–H and O–H groups in total. The number of phosphoric acid groups is 2. The van der Waals surface area contributed by atoms with E-state index in [2.05, 4.69) is 41.5 Å². The normalized spacial score (nSPS) is 14.0. The zero-order chi connectivity index (χ0) is 70.7. The van der Waals surface area contributed by atoms with Gasteiger partial charge in [0.05, 0.1) is 26.4 Å². The third-order valence-electron chi connectivity index (χ3n) is 18.0. The molecule has 0 rings (SSSR count). The number of hydrogen-bond acceptors (Lipinski definition) is 15. The van der Waals surface area contributed by atoms with Crippen molar-refractivity contribution in [2.24, 2.45) is 11.8 Å². The van der Waals surface area contributed by atoms with Gasteiger partial charge in [0.2, 0.25) is 0 Å². The Hall–Kier alpha value is -1.94. The van der Waals surface area contributed by atoms with E-state index in [9.17, 15) is 43.2 Å². The molecule has 0 aliphatic heterocycles. The van der Waals surface area contributed by atoms with Crippen molar-refractivity contribution in [2.75, 3.05) is 39.6 Å². The van der Waals surface area contributed by atoms with E-state index >= 15 is 0 Å².